The summed E-state index contributed by atoms with van der Waals surface area (Å²) in [5, 5.41) is 17.7. The molecule has 0 aromatic carbocycles. The van der Waals surface area contributed by atoms with E-state index in [1.165, 1.54) is 0 Å². The van der Waals surface area contributed by atoms with E-state index < -0.39 is 48.1 Å². The van der Waals surface area contributed by atoms with Gasteiger partial charge in [-0.15, -0.1) is 13.2 Å². The molecule has 0 aliphatic heterocycles. The van der Waals surface area contributed by atoms with Crippen LogP contribution < -0.4 is 4.74 Å². The number of ether oxygens (including phenoxy) is 1. The Bertz CT molecular complexity index is 488. The van der Waals surface area contributed by atoms with Crippen molar-refractivity contribution in [2.75, 3.05) is 0 Å². The van der Waals surface area contributed by atoms with Crippen molar-refractivity contribution in [1.82, 2.24) is 4.98 Å². The molecule has 0 aliphatic carbocycles. The number of carbonyl (C=O) groups is 1. The lowest BCUT2D eigenvalue weighted by Crippen LogP contribution is -2.19. The van der Waals surface area contributed by atoms with Gasteiger partial charge >= 0.3 is 12.3 Å². The van der Waals surface area contributed by atoms with Crippen molar-refractivity contribution in [3.05, 3.63) is 17.5 Å². The van der Waals surface area contributed by atoms with E-state index in [1.54, 1.807) is 0 Å². The highest BCUT2D eigenvalue weighted by Gasteiger charge is 2.34. The van der Waals surface area contributed by atoms with Crippen molar-refractivity contribution in [2.24, 2.45) is 0 Å². The van der Waals surface area contributed by atoms with Gasteiger partial charge in [0.1, 0.15) is 11.4 Å². The Hall–Kier alpha value is -2.13. The Morgan fingerprint density at radius 1 is 1.42 bits per heavy atom. The average molecular weight is 287 g/mol. The van der Waals surface area contributed by atoms with Crippen molar-refractivity contribution in [2.45, 2.75) is 19.2 Å². The predicted octanol–water partition coefficient (Wildman–Crippen LogP) is 2.25. The molecule has 0 spiro atoms. The first-order chi connectivity index (χ1) is 8.60. The number of rotatable bonds is 4. The molecule has 0 fully saturated rings. The number of carboxylic acids is 1. The summed E-state index contributed by atoms with van der Waals surface area (Å²) in [6.45, 7) is 0. The lowest BCUT2D eigenvalue weighted by Gasteiger charge is -2.14. The Morgan fingerprint density at radius 2 is 2.00 bits per heavy atom. The second-order valence-electron chi connectivity index (χ2n) is 3.26. The fourth-order valence-corrected chi connectivity index (χ4v) is 1.18. The van der Waals surface area contributed by atoms with Gasteiger partial charge in [-0.2, -0.15) is 0 Å². The molecule has 1 rings (SSSR count). The highest BCUT2D eigenvalue weighted by molar-refractivity contribution is 5.70. The summed E-state index contributed by atoms with van der Waals surface area (Å²) in [5.41, 5.74) is -2.08. The summed E-state index contributed by atoms with van der Waals surface area (Å²) in [6.07, 6.45) is -9.59. The van der Waals surface area contributed by atoms with Crippen LogP contribution in [-0.4, -0.2) is 27.5 Å². The topological polar surface area (TPSA) is 79.7 Å². The van der Waals surface area contributed by atoms with Gasteiger partial charge in [0.2, 0.25) is 0 Å². The maximum absolute atomic E-state index is 12.5. The van der Waals surface area contributed by atoms with Crippen molar-refractivity contribution in [3.8, 4) is 11.5 Å². The minimum Gasteiger partial charge on any atom is -0.506 e. The van der Waals surface area contributed by atoms with Crippen LogP contribution in [-0.2, 0) is 11.2 Å². The van der Waals surface area contributed by atoms with Gasteiger partial charge in [0.05, 0.1) is 12.1 Å². The minimum atomic E-state index is -5.24. The first kappa shape index (κ1) is 14.9. The minimum absolute atomic E-state index is 0.250. The van der Waals surface area contributed by atoms with E-state index in [0.717, 1.165) is 0 Å². The van der Waals surface area contributed by atoms with E-state index in [-0.39, 0.29) is 6.07 Å². The molecule has 0 amide bonds. The number of alkyl halides is 5. The molecule has 0 aliphatic rings. The summed E-state index contributed by atoms with van der Waals surface area (Å²) in [6, 6.07) is 0.250. The van der Waals surface area contributed by atoms with Crippen LogP contribution in [0.2, 0.25) is 0 Å². The third-order valence-electron chi connectivity index (χ3n) is 1.82. The van der Waals surface area contributed by atoms with E-state index in [2.05, 4.69) is 9.72 Å². The SMILES string of the molecule is O=C(O)Cc1nc(C(F)F)c(OC(F)(F)F)cc1O. The zero-order valence-electron chi connectivity index (χ0n) is 8.91. The molecule has 5 nitrogen and oxygen atoms in total. The van der Waals surface area contributed by atoms with E-state index in [9.17, 15) is 31.9 Å². The summed E-state index contributed by atoms with van der Waals surface area (Å²) >= 11 is 0. The van der Waals surface area contributed by atoms with Crippen LogP contribution >= 0.6 is 0 Å². The maximum Gasteiger partial charge on any atom is 0.573 e. The molecule has 0 saturated heterocycles. The van der Waals surface area contributed by atoms with E-state index in [4.69, 9.17) is 5.11 Å². The number of nitrogens with zero attached hydrogens (tertiary/aromatic N) is 1. The van der Waals surface area contributed by atoms with Gasteiger partial charge in [0, 0.05) is 6.07 Å². The molecule has 0 bridgehead atoms. The molecule has 106 valence electrons. The number of aromatic hydroxyl groups is 1. The molecule has 2 N–H and O–H groups in total. The van der Waals surface area contributed by atoms with Crippen LogP contribution in [0, 0.1) is 0 Å². The normalized spacial score (nSPS) is 11.7. The van der Waals surface area contributed by atoms with Crippen LogP contribution in [0.4, 0.5) is 22.0 Å². The molecule has 1 aromatic heterocycles. The van der Waals surface area contributed by atoms with Gasteiger partial charge in [-0.1, -0.05) is 0 Å². The van der Waals surface area contributed by atoms with Crippen LogP contribution in [0.25, 0.3) is 0 Å². The fourth-order valence-electron chi connectivity index (χ4n) is 1.18. The van der Waals surface area contributed by atoms with Crippen molar-refractivity contribution < 1.29 is 41.7 Å². The second kappa shape index (κ2) is 5.24. The number of hydrogen-bond acceptors (Lipinski definition) is 4. The number of carboxylic acid groups (broad SMARTS) is 1. The lowest BCUT2D eigenvalue weighted by molar-refractivity contribution is -0.275. The summed E-state index contributed by atoms with van der Waals surface area (Å²) in [7, 11) is 0. The van der Waals surface area contributed by atoms with Crippen LogP contribution in [0.15, 0.2) is 6.07 Å². The molecule has 0 saturated carbocycles. The molecule has 1 aromatic rings. The van der Waals surface area contributed by atoms with Gasteiger partial charge in [0.25, 0.3) is 6.43 Å². The fraction of sp³-hybridized carbons (Fsp3) is 0.333. The standard InChI is InChI=1S/C9H6F5NO4/c10-8(11)7-5(19-9(12,13)14)2-4(16)3(15-7)1-6(17)18/h2,8,16H,1H2,(H,17,18). The summed E-state index contributed by atoms with van der Waals surface area (Å²) < 4.78 is 64.2. The van der Waals surface area contributed by atoms with Crippen molar-refractivity contribution >= 4 is 5.97 Å². The maximum atomic E-state index is 12.5. The molecular weight excluding hydrogens is 281 g/mol. The largest absolute Gasteiger partial charge is 0.573 e. The molecule has 0 unspecified atom stereocenters. The van der Waals surface area contributed by atoms with Crippen LogP contribution in [0.1, 0.15) is 17.8 Å². The number of hydrogen-bond donors (Lipinski definition) is 2. The zero-order valence-corrected chi connectivity index (χ0v) is 8.91. The van der Waals surface area contributed by atoms with Gasteiger partial charge in [-0.3, -0.25) is 4.79 Å². The van der Waals surface area contributed by atoms with Gasteiger partial charge in [0.15, 0.2) is 5.75 Å². The third kappa shape index (κ3) is 4.23. The third-order valence-corrected chi connectivity index (χ3v) is 1.82. The molecule has 19 heavy (non-hydrogen) atoms. The molecule has 1 heterocycles. The van der Waals surface area contributed by atoms with Crippen LogP contribution in [0.3, 0.4) is 0 Å². The van der Waals surface area contributed by atoms with Crippen molar-refractivity contribution in [1.29, 1.82) is 0 Å². The van der Waals surface area contributed by atoms with E-state index in [1.807, 2.05) is 0 Å². The Morgan fingerprint density at radius 3 is 2.42 bits per heavy atom. The molecule has 0 radical (unpaired) electrons. The highest BCUT2D eigenvalue weighted by atomic mass is 19.4. The summed E-state index contributed by atoms with van der Waals surface area (Å²) in [4.78, 5) is 13.4. The Balaban J connectivity index is 3.25. The summed E-state index contributed by atoms with van der Waals surface area (Å²) in [5.74, 6) is -3.85. The van der Waals surface area contributed by atoms with Gasteiger partial charge < -0.3 is 14.9 Å². The van der Waals surface area contributed by atoms with E-state index >= 15 is 0 Å². The van der Waals surface area contributed by atoms with Gasteiger partial charge in [-0.05, 0) is 0 Å². The Labute approximate surface area is 102 Å². The number of aliphatic carboxylic acids is 1. The average Bonchev–Trinajstić information content (AvgIpc) is 2.18. The predicted molar refractivity (Wildman–Crippen MR) is 48.9 cm³/mol. The molecular formula is C9H6F5NO4. The molecule has 0 atom stereocenters. The Kier molecular flexibility index (Phi) is 4.12. The lowest BCUT2D eigenvalue weighted by atomic mass is 10.2. The highest BCUT2D eigenvalue weighted by Crippen LogP contribution is 2.35. The first-order valence-corrected chi connectivity index (χ1v) is 4.58. The molecule has 10 heteroatoms. The smallest absolute Gasteiger partial charge is 0.506 e. The van der Waals surface area contributed by atoms with Crippen LogP contribution in [0.5, 0.6) is 11.5 Å². The van der Waals surface area contributed by atoms with Crippen molar-refractivity contribution in [3.63, 3.8) is 0 Å². The monoisotopic (exact) mass is 287 g/mol. The van der Waals surface area contributed by atoms with Gasteiger partial charge in [-0.25, -0.2) is 13.8 Å². The second-order valence-corrected chi connectivity index (χ2v) is 3.26. The van der Waals surface area contributed by atoms with E-state index in [0.29, 0.717) is 0 Å². The zero-order chi connectivity index (χ0) is 14.8. The first-order valence-electron chi connectivity index (χ1n) is 4.58. The quantitative estimate of drug-likeness (QED) is 0.830. The number of pyridine rings is 1. The number of aromatic nitrogens is 1. The number of halogens is 5.